The first-order valence-electron chi connectivity index (χ1n) is 8.36. The Kier molecular flexibility index (Phi) is 5.46. The van der Waals surface area contributed by atoms with Gasteiger partial charge in [0.05, 0.1) is 23.4 Å². The van der Waals surface area contributed by atoms with Gasteiger partial charge in [0.15, 0.2) is 0 Å². The average Bonchev–Trinajstić information content (AvgIpc) is 3.15. The highest BCUT2D eigenvalue weighted by atomic mass is 19.4. The van der Waals surface area contributed by atoms with Gasteiger partial charge in [-0.05, 0) is 48.9 Å². The van der Waals surface area contributed by atoms with Crippen LogP contribution in [0.25, 0.3) is 0 Å². The lowest BCUT2D eigenvalue weighted by atomic mass is 10.00. The standard InChI is InChI=1S/C19H19F3N4O/c1-12-9-13(5-7-23-12)18(27)11-17(16-6-8-24-26-16)25-15-4-2-3-14(10-15)19(20,21)22/h2-10,17-18,25,27H,11H2,1H3,(H,24,26). The molecule has 3 aromatic rings. The molecule has 5 nitrogen and oxygen atoms in total. The van der Waals surface area contributed by atoms with Gasteiger partial charge < -0.3 is 10.4 Å². The number of aromatic amines is 1. The highest BCUT2D eigenvalue weighted by Crippen LogP contribution is 2.33. The Bertz CT molecular complexity index is 881. The zero-order valence-corrected chi connectivity index (χ0v) is 14.5. The van der Waals surface area contributed by atoms with Crippen molar-refractivity contribution >= 4 is 5.69 Å². The molecular formula is C19H19F3N4O. The zero-order valence-electron chi connectivity index (χ0n) is 14.5. The molecule has 1 aromatic carbocycles. The van der Waals surface area contributed by atoms with Crippen molar-refractivity contribution in [2.45, 2.75) is 31.7 Å². The molecule has 2 aromatic heterocycles. The van der Waals surface area contributed by atoms with E-state index in [0.717, 1.165) is 17.8 Å². The number of hydrogen-bond acceptors (Lipinski definition) is 4. The van der Waals surface area contributed by atoms with Gasteiger partial charge in [-0.3, -0.25) is 10.1 Å². The SMILES string of the molecule is Cc1cc(C(O)CC(Nc2cccc(C(F)(F)F)c2)c2ccn[nH]2)ccn1. The van der Waals surface area contributed by atoms with Gasteiger partial charge in [-0.15, -0.1) is 0 Å². The minimum Gasteiger partial charge on any atom is -0.388 e. The normalized spacial score (nSPS) is 14.0. The summed E-state index contributed by atoms with van der Waals surface area (Å²) in [6.07, 6.45) is -1.84. The third-order valence-corrected chi connectivity index (χ3v) is 4.19. The van der Waals surface area contributed by atoms with Crippen molar-refractivity contribution < 1.29 is 18.3 Å². The topological polar surface area (TPSA) is 73.8 Å². The van der Waals surface area contributed by atoms with Crippen LogP contribution in [0.2, 0.25) is 0 Å². The number of anilines is 1. The number of nitrogens with one attached hydrogen (secondary N) is 2. The summed E-state index contributed by atoms with van der Waals surface area (Å²) in [5.74, 6) is 0. The number of halogens is 3. The van der Waals surface area contributed by atoms with Crippen LogP contribution in [0.1, 0.15) is 41.1 Å². The van der Waals surface area contributed by atoms with E-state index in [1.807, 2.05) is 6.92 Å². The number of aromatic nitrogens is 3. The predicted molar refractivity (Wildman–Crippen MR) is 94.9 cm³/mol. The molecule has 0 bridgehead atoms. The summed E-state index contributed by atoms with van der Waals surface area (Å²) in [7, 11) is 0. The fourth-order valence-corrected chi connectivity index (χ4v) is 2.84. The maximum absolute atomic E-state index is 13.0. The Hall–Kier alpha value is -2.87. The van der Waals surface area contributed by atoms with Crippen molar-refractivity contribution in [3.05, 3.63) is 77.4 Å². The summed E-state index contributed by atoms with van der Waals surface area (Å²) < 4.78 is 38.9. The van der Waals surface area contributed by atoms with Crippen molar-refractivity contribution in [3.63, 3.8) is 0 Å². The second-order valence-electron chi connectivity index (χ2n) is 6.27. The molecule has 3 rings (SSSR count). The van der Waals surface area contributed by atoms with Crippen LogP contribution in [0.15, 0.2) is 54.9 Å². The molecule has 142 valence electrons. The first kappa shape index (κ1) is 18.9. The number of aliphatic hydroxyl groups excluding tert-OH is 1. The molecule has 0 saturated heterocycles. The van der Waals surface area contributed by atoms with Gasteiger partial charge >= 0.3 is 6.18 Å². The number of aryl methyl sites for hydroxylation is 1. The molecule has 0 aliphatic heterocycles. The van der Waals surface area contributed by atoms with Crippen molar-refractivity contribution in [2.24, 2.45) is 0 Å². The predicted octanol–water partition coefficient (Wildman–Crippen LogP) is 4.41. The molecule has 2 heterocycles. The summed E-state index contributed by atoms with van der Waals surface area (Å²) in [6, 6.07) is 9.72. The lowest BCUT2D eigenvalue weighted by Gasteiger charge is -2.22. The first-order chi connectivity index (χ1) is 12.8. The number of aliphatic hydroxyl groups is 1. The summed E-state index contributed by atoms with van der Waals surface area (Å²) in [5.41, 5.74) is 1.70. The Morgan fingerprint density at radius 2 is 1.96 bits per heavy atom. The molecule has 0 spiro atoms. The number of alkyl halides is 3. The first-order valence-corrected chi connectivity index (χ1v) is 8.36. The van der Waals surface area contributed by atoms with E-state index in [2.05, 4.69) is 20.5 Å². The van der Waals surface area contributed by atoms with Gasteiger partial charge in [0.25, 0.3) is 0 Å². The maximum Gasteiger partial charge on any atom is 0.416 e. The van der Waals surface area contributed by atoms with Crippen LogP contribution in [0.4, 0.5) is 18.9 Å². The van der Waals surface area contributed by atoms with Crippen molar-refractivity contribution in [2.75, 3.05) is 5.32 Å². The van der Waals surface area contributed by atoms with Gasteiger partial charge in [-0.1, -0.05) is 6.07 Å². The lowest BCUT2D eigenvalue weighted by molar-refractivity contribution is -0.137. The molecule has 0 saturated carbocycles. The number of nitrogens with zero attached hydrogens (tertiary/aromatic N) is 2. The minimum absolute atomic E-state index is 0.238. The third-order valence-electron chi connectivity index (χ3n) is 4.19. The van der Waals surface area contributed by atoms with E-state index in [4.69, 9.17) is 0 Å². The van der Waals surface area contributed by atoms with Crippen LogP contribution in [0, 0.1) is 6.92 Å². The summed E-state index contributed by atoms with van der Waals surface area (Å²) in [5, 5.41) is 20.4. The molecule has 0 aliphatic carbocycles. The Balaban J connectivity index is 1.83. The zero-order chi connectivity index (χ0) is 19.4. The van der Waals surface area contributed by atoms with E-state index < -0.39 is 23.9 Å². The quantitative estimate of drug-likeness (QED) is 0.596. The number of benzene rings is 1. The highest BCUT2D eigenvalue weighted by molar-refractivity contribution is 5.48. The van der Waals surface area contributed by atoms with Crippen molar-refractivity contribution in [3.8, 4) is 0 Å². The molecule has 3 N–H and O–H groups in total. The van der Waals surface area contributed by atoms with Gasteiger partial charge in [-0.25, -0.2) is 0 Å². The van der Waals surface area contributed by atoms with Crippen LogP contribution in [0.3, 0.4) is 0 Å². The van der Waals surface area contributed by atoms with Crippen LogP contribution in [-0.2, 0) is 6.18 Å². The van der Waals surface area contributed by atoms with Crippen LogP contribution < -0.4 is 5.32 Å². The largest absolute Gasteiger partial charge is 0.416 e. The molecule has 0 aliphatic rings. The second kappa shape index (κ2) is 7.79. The van der Waals surface area contributed by atoms with Gasteiger partial charge in [0.2, 0.25) is 0 Å². The third kappa shape index (κ3) is 4.85. The van der Waals surface area contributed by atoms with E-state index in [1.165, 1.54) is 6.07 Å². The van der Waals surface area contributed by atoms with Crippen LogP contribution >= 0.6 is 0 Å². The van der Waals surface area contributed by atoms with Crippen LogP contribution in [0.5, 0.6) is 0 Å². The second-order valence-corrected chi connectivity index (χ2v) is 6.27. The Morgan fingerprint density at radius 1 is 1.15 bits per heavy atom. The van der Waals surface area contributed by atoms with Gasteiger partial charge in [0, 0.05) is 30.2 Å². The minimum atomic E-state index is -4.42. The van der Waals surface area contributed by atoms with Gasteiger partial charge in [-0.2, -0.15) is 18.3 Å². The Morgan fingerprint density at radius 3 is 2.63 bits per heavy atom. The lowest BCUT2D eigenvalue weighted by Crippen LogP contribution is -2.16. The van der Waals surface area contributed by atoms with Gasteiger partial charge in [0.1, 0.15) is 0 Å². The van der Waals surface area contributed by atoms with E-state index in [1.54, 1.807) is 36.7 Å². The summed E-state index contributed by atoms with van der Waals surface area (Å²) in [4.78, 5) is 4.10. The smallest absolute Gasteiger partial charge is 0.388 e. The van der Waals surface area contributed by atoms with Crippen molar-refractivity contribution in [1.29, 1.82) is 0 Å². The number of hydrogen-bond donors (Lipinski definition) is 3. The molecule has 0 radical (unpaired) electrons. The molecule has 2 unspecified atom stereocenters. The molecule has 2 atom stereocenters. The monoisotopic (exact) mass is 376 g/mol. The average molecular weight is 376 g/mol. The van der Waals surface area contributed by atoms with E-state index in [0.29, 0.717) is 16.9 Å². The van der Waals surface area contributed by atoms with E-state index in [9.17, 15) is 18.3 Å². The summed E-state index contributed by atoms with van der Waals surface area (Å²) in [6.45, 7) is 1.82. The van der Waals surface area contributed by atoms with Crippen LogP contribution in [-0.4, -0.2) is 20.3 Å². The maximum atomic E-state index is 13.0. The molecule has 8 heteroatoms. The Labute approximate surface area is 154 Å². The number of rotatable bonds is 6. The fraction of sp³-hybridized carbons (Fsp3) is 0.263. The summed E-state index contributed by atoms with van der Waals surface area (Å²) >= 11 is 0. The number of pyridine rings is 1. The fourth-order valence-electron chi connectivity index (χ4n) is 2.84. The van der Waals surface area contributed by atoms with E-state index in [-0.39, 0.29) is 6.42 Å². The highest BCUT2D eigenvalue weighted by Gasteiger charge is 2.30. The molecule has 0 amide bonds. The van der Waals surface area contributed by atoms with Crippen molar-refractivity contribution in [1.82, 2.24) is 15.2 Å². The molecule has 0 fully saturated rings. The number of H-pyrrole nitrogens is 1. The molecular weight excluding hydrogens is 357 g/mol. The molecule has 27 heavy (non-hydrogen) atoms. The van der Waals surface area contributed by atoms with E-state index >= 15 is 0 Å².